The predicted molar refractivity (Wildman–Crippen MR) is 108 cm³/mol. The van der Waals surface area contributed by atoms with Crippen molar-refractivity contribution in [1.82, 2.24) is 4.90 Å². The summed E-state index contributed by atoms with van der Waals surface area (Å²) in [4.78, 5) is 14.7. The lowest BCUT2D eigenvalue weighted by Crippen LogP contribution is -2.40. The second kappa shape index (κ2) is 10.4. The first-order chi connectivity index (χ1) is 13.0. The fraction of sp³-hybridized carbons (Fsp3) is 0.591. The van der Waals surface area contributed by atoms with E-state index in [1.807, 2.05) is 30.0 Å². The Kier molecular flexibility index (Phi) is 8.17. The van der Waals surface area contributed by atoms with Crippen molar-refractivity contribution >= 4 is 12.0 Å². The third kappa shape index (κ3) is 5.48. The maximum Gasteiger partial charge on any atom is 0.246 e. The van der Waals surface area contributed by atoms with Gasteiger partial charge in [0, 0.05) is 43.3 Å². The first-order valence-corrected chi connectivity index (χ1v) is 9.97. The molecule has 1 atom stereocenters. The van der Waals surface area contributed by atoms with Gasteiger partial charge in [-0.25, -0.2) is 0 Å². The quantitative estimate of drug-likeness (QED) is 0.578. The minimum absolute atomic E-state index is 0.00187. The molecule has 0 radical (unpaired) electrons. The molecule has 150 valence electrons. The van der Waals surface area contributed by atoms with Crippen LogP contribution in [0.15, 0.2) is 18.2 Å². The van der Waals surface area contributed by atoms with Crippen molar-refractivity contribution in [3.8, 4) is 11.5 Å². The van der Waals surface area contributed by atoms with Gasteiger partial charge in [-0.05, 0) is 44.9 Å². The zero-order chi connectivity index (χ0) is 19.8. The number of hydrogen-bond donors (Lipinski definition) is 0. The molecule has 1 unspecified atom stereocenters. The molecule has 1 aromatic carbocycles. The molecule has 0 bridgehead atoms. The van der Waals surface area contributed by atoms with Gasteiger partial charge in [-0.3, -0.25) is 4.79 Å². The maximum atomic E-state index is 12.8. The molecular formula is C22H33NO4. The Morgan fingerprint density at radius 2 is 2.07 bits per heavy atom. The summed E-state index contributed by atoms with van der Waals surface area (Å²) in [5.74, 6) is 1.68. The van der Waals surface area contributed by atoms with Crippen molar-refractivity contribution in [2.75, 3.05) is 26.9 Å². The van der Waals surface area contributed by atoms with E-state index >= 15 is 0 Å². The molecule has 5 nitrogen and oxygen atoms in total. The van der Waals surface area contributed by atoms with Gasteiger partial charge in [-0.2, -0.15) is 0 Å². The summed E-state index contributed by atoms with van der Waals surface area (Å²) < 4.78 is 16.8. The van der Waals surface area contributed by atoms with E-state index in [0.717, 1.165) is 41.9 Å². The van der Waals surface area contributed by atoms with Crippen LogP contribution in [0, 0.1) is 0 Å². The number of fused-ring (bicyclic) bond motifs is 1. The molecule has 27 heavy (non-hydrogen) atoms. The molecule has 1 heterocycles. The standard InChI is InChI=1S/C22H33NO4/c1-6-19(7-2)23(11-12-25-5)22(24)10-9-17-14-21-18(13-16(4)27-21)15-20(17)26-8-3/h9-10,14-16,19H,6-8,11-13H2,1-5H3/b10-9+. The van der Waals surface area contributed by atoms with E-state index in [1.165, 1.54) is 0 Å². The monoisotopic (exact) mass is 375 g/mol. The number of carbonyl (C=O) groups excluding carboxylic acids is 1. The Morgan fingerprint density at radius 3 is 2.70 bits per heavy atom. The van der Waals surface area contributed by atoms with E-state index in [-0.39, 0.29) is 18.1 Å². The number of hydrogen-bond acceptors (Lipinski definition) is 4. The van der Waals surface area contributed by atoms with Gasteiger partial charge in [-0.15, -0.1) is 0 Å². The molecule has 0 saturated carbocycles. The Hall–Kier alpha value is -2.01. The van der Waals surface area contributed by atoms with Gasteiger partial charge in [0.05, 0.1) is 13.2 Å². The lowest BCUT2D eigenvalue weighted by Gasteiger charge is -2.29. The highest BCUT2D eigenvalue weighted by atomic mass is 16.5. The van der Waals surface area contributed by atoms with Gasteiger partial charge in [-0.1, -0.05) is 13.8 Å². The number of methoxy groups -OCH3 is 1. The zero-order valence-electron chi connectivity index (χ0n) is 17.3. The van der Waals surface area contributed by atoms with Crippen molar-refractivity contribution in [2.24, 2.45) is 0 Å². The minimum atomic E-state index is -0.00187. The SMILES string of the molecule is CCOc1cc2c(cc1/C=C/C(=O)N(CCOC)C(CC)CC)OC(C)C2. The first kappa shape index (κ1) is 21.3. The maximum absolute atomic E-state index is 12.8. The van der Waals surface area contributed by atoms with Crippen molar-refractivity contribution in [1.29, 1.82) is 0 Å². The fourth-order valence-corrected chi connectivity index (χ4v) is 3.51. The lowest BCUT2D eigenvalue weighted by atomic mass is 10.1. The molecule has 5 heteroatoms. The van der Waals surface area contributed by atoms with Crippen LogP contribution in [0.5, 0.6) is 11.5 Å². The second-order valence-corrected chi connectivity index (χ2v) is 6.89. The van der Waals surface area contributed by atoms with Crippen LogP contribution in [0.3, 0.4) is 0 Å². The molecule has 1 aromatic rings. The number of carbonyl (C=O) groups is 1. The van der Waals surface area contributed by atoms with Crippen molar-refractivity contribution in [3.05, 3.63) is 29.3 Å². The summed E-state index contributed by atoms with van der Waals surface area (Å²) in [7, 11) is 1.66. The Labute approximate surface area is 163 Å². The molecule has 0 fully saturated rings. The zero-order valence-corrected chi connectivity index (χ0v) is 17.3. The minimum Gasteiger partial charge on any atom is -0.493 e. The van der Waals surface area contributed by atoms with Crippen LogP contribution in [0.1, 0.15) is 51.7 Å². The van der Waals surface area contributed by atoms with Gasteiger partial charge in [0.25, 0.3) is 0 Å². The van der Waals surface area contributed by atoms with E-state index in [0.29, 0.717) is 19.8 Å². The molecule has 0 saturated heterocycles. The third-order valence-electron chi connectivity index (χ3n) is 4.94. The van der Waals surface area contributed by atoms with Gasteiger partial charge in [0.2, 0.25) is 5.91 Å². The number of ether oxygens (including phenoxy) is 3. The molecular weight excluding hydrogens is 342 g/mol. The molecule has 0 aromatic heterocycles. The number of nitrogens with zero attached hydrogens (tertiary/aromatic N) is 1. The lowest BCUT2D eigenvalue weighted by molar-refractivity contribution is -0.129. The molecule has 1 aliphatic heterocycles. The van der Waals surface area contributed by atoms with Crippen molar-refractivity contribution in [3.63, 3.8) is 0 Å². The number of benzene rings is 1. The molecule has 0 aliphatic carbocycles. The topological polar surface area (TPSA) is 48.0 Å². The van der Waals surface area contributed by atoms with Gasteiger partial charge in [0.1, 0.15) is 17.6 Å². The second-order valence-electron chi connectivity index (χ2n) is 6.89. The molecule has 1 amide bonds. The van der Waals surface area contributed by atoms with Crippen LogP contribution in [-0.2, 0) is 16.0 Å². The first-order valence-electron chi connectivity index (χ1n) is 9.97. The van der Waals surface area contributed by atoms with Crippen molar-refractivity contribution < 1.29 is 19.0 Å². The Morgan fingerprint density at radius 1 is 1.33 bits per heavy atom. The summed E-state index contributed by atoms with van der Waals surface area (Å²) in [6, 6.07) is 4.23. The highest BCUT2D eigenvalue weighted by Gasteiger charge is 2.22. The van der Waals surface area contributed by atoms with E-state index in [4.69, 9.17) is 14.2 Å². The van der Waals surface area contributed by atoms with Crippen LogP contribution in [-0.4, -0.2) is 49.8 Å². The highest BCUT2D eigenvalue weighted by Crippen LogP contribution is 2.35. The van der Waals surface area contributed by atoms with Crippen LogP contribution >= 0.6 is 0 Å². The summed E-state index contributed by atoms with van der Waals surface area (Å²) in [6.45, 7) is 9.94. The van der Waals surface area contributed by atoms with E-state index < -0.39 is 0 Å². The van der Waals surface area contributed by atoms with Gasteiger partial charge in [0.15, 0.2) is 0 Å². The summed E-state index contributed by atoms with van der Waals surface area (Å²) in [5, 5.41) is 0. The van der Waals surface area contributed by atoms with Crippen LogP contribution in [0.4, 0.5) is 0 Å². The summed E-state index contributed by atoms with van der Waals surface area (Å²) in [6.07, 6.45) is 6.38. The molecule has 0 spiro atoms. The van der Waals surface area contributed by atoms with Crippen LogP contribution in [0.2, 0.25) is 0 Å². The largest absolute Gasteiger partial charge is 0.493 e. The van der Waals surface area contributed by atoms with E-state index in [9.17, 15) is 4.79 Å². The van der Waals surface area contributed by atoms with E-state index in [2.05, 4.69) is 20.8 Å². The average Bonchev–Trinajstić information content (AvgIpc) is 3.02. The van der Waals surface area contributed by atoms with Gasteiger partial charge < -0.3 is 19.1 Å². The van der Waals surface area contributed by atoms with Crippen molar-refractivity contribution in [2.45, 2.75) is 59.1 Å². The highest BCUT2D eigenvalue weighted by molar-refractivity contribution is 5.92. The van der Waals surface area contributed by atoms with Crippen LogP contribution in [0.25, 0.3) is 6.08 Å². The summed E-state index contributed by atoms with van der Waals surface area (Å²) >= 11 is 0. The molecule has 0 N–H and O–H groups in total. The molecule has 1 aliphatic rings. The number of amides is 1. The normalized spacial score (nSPS) is 15.9. The van der Waals surface area contributed by atoms with E-state index in [1.54, 1.807) is 13.2 Å². The fourth-order valence-electron chi connectivity index (χ4n) is 3.51. The average molecular weight is 376 g/mol. The third-order valence-corrected chi connectivity index (χ3v) is 4.94. The van der Waals surface area contributed by atoms with Gasteiger partial charge >= 0.3 is 0 Å². The number of rotatable bonds is 10. The molecule has 2 rings (SSSR count). The summed E-state index contributed by atoms with van der Waals surface area (Å²) in [5.41, 5.74) is 2.03. The Bertz CT molecular complexity index is 652. The smallest absolute Gasteiger partial charge is 0.246 e. The Balaban J connectivity index is 2.23. The predicted octanol–water partition coefficient (Wildman–Crippen LogP) is 4.09. The van der Waals surface area contributed by atoms with Crippen LogP contribution < -0.4 is 9.47 Å².